The second-order valence-electron chi connectivity index (χ2n) is 6.96. The fourth-order valence-electron chi connectivity index (χ4n) is 3.74. The maximum Gasteiger partial charge on any atom is 0.245 e. The highest BCUT2D eigenvalue weighted by atomic mass is 16.2. The van der Waals surface area contributed by atoms with Crippen LogP contribution in [0, 0.1) is 12.8 Å². The SMILES string of the molecule is C=CC(=O)N1CCC(C(=O)N2CCN(c3cccc(C)c3)CC2)CC1. The van der Waals surface area contributed by atoms with Crippen molar-refractivity contribution in [2.75, 3.05) is 44.2 Å². The second kappa shape index (κ2) is 7.72. The van der Waals surface area contributed by atoms with Crippen LogP contribution >= 0.6 is 0 Å². The molecule has 1 aromatic carbocycles. The summed E-state index contributed by atoms with van der Waals surface area (Å²) in [4.78, 5) is 30.6. The van der Waals surface area contributed by atoms with Gasteiger partial charge in [0, 0.05) is 50.9 Å². The van der Waals surface area contributed by atoms with Crippen molar-refractivity contribution in [2.45, 2.75) is 19.8 Å². The standard InChI is InChI=1S/C20H27N3O2/c1-3-19(24)22-9-7-17(8-10-22)20(25)23-13-11-21(12-14-23)18-6-4-5-16(2)15-18/h3-6,15,17H,1,7-14H2,2H3. The van der Waals surface area contributed by atoms with Gasteiger partial charge in [0.05, 0.1) is 0 Å². The van der Waals surface area contributed by atoms with Crippen LogP contribution in [0.1, 0.15) is 18.4 Å². The largest absolute Gasteiger partial charge is 0.368 e. The van der Waals surface area contributed by atoms with Gasteiger partial charge in [-0.15, -0.1) is 0 Å². The normalized spacial score (nSPS) is 19.0. The zero-order valence-corrected chi connectivity index (χ0v) is 15.0. The number of piperidine rings is 1. The predicted molar refractivity (Wildman–Crippen MR) is 99.5 cm³/mol. The molecule has 0 N–H and O–H groups in total. The molecular weight excluding hydrogens is 314 g/mol. The number of benzene rings is 1. The Morgan fingerprint density at radius 3 is 2.32 bits per heavy atom. The fourth-order valence-corrected chi connectivity index (χ4v) is 3.74. The summed E-state index contributed by atoms with van der Waals surface area (Å²) in [6, 6.07) is 8.52. The minimum absolute atomic E-state index is 0.0299. The van der Waals surface area contributed by atoms with Gasteiger partial charge in [0.15, 0.2) is 0 Å². The summed E-state index contributed by atoms with van der Waals surface area (Å²) in [7, 11) is 0. The van der Waals surface area contributed by atoms with Gasteiger partial charge in [0.1, 0.15) is 0 Å². The van der Waals surface area contributed by atoms with Gasteiger partial charge in [-0.25, -0.2) is 0 Å². The third kappa shape index (κ3) is 4.03. The Bertz CT molecular complexity index is 642. The molecule has 2 amide bonds. The zero-order chi connectivity index (χ0) is 17.8. The molecule has 0 spiro atoms. The van der Waals surface area contributed by atoms with Crippen LogP contribution in [0.25, 0.3) is 0 Å². The van der Waals surface area contributed by atoms with E-state index < -0.39 is 0 Å². The van der Waals surface area contributed by atoms with Crippen molar-refractivity contribution in [1.82, 2.24) is 9.80 Å². The summed E-state index contributed by atoms with van der Waals surface area (Å²) in [6.45, 7) is 10.3. The van der Waals surface area contributed by atoms with Crippen LogP contribution < -0.4 is 4.90 Å². The van der Waals surface area contributed by atoms with Gasteiger partial charge in [-0.2, -0.15) is 0 Å². The van der Waals surface area contributed by atoms with Gasteiger partial charge in [0.25, 0.3) is 0 Å². The molecule has 0 aromatic heterocycles. The van der Waals surface area contributed by atoms with E-state index in [1.165, 1.54) is 17.3 Å². The summed E-state index contributed by atoms with van der Waals surface area (Å²) in [5.41, 5.74) is 2.50. The fraction of sp³-hybridized carbons (Fsp3) is 0.500. The smallest absolute Gasteiger partial charge is 0.245 e. The molecule has 2 aliphatic rings. The number of hydrogen-bond acceptors (Lipinski definition) is 3. The number of carbonyl (C=O) groups is 2. The van der Waals surface area contributed by atoms with Gasteiger partial charge in [-0.1, -0.05) is 18.7 Å². The molecule has 0 saturated carbocycles. The number of anilines is 1. The molecule has 25 heavy (non-hydrogen) atoms. The number of likely N-dealkylation sites (tertiary alicyclic amines) is 1. The first-order valence-electron chi connectivity index (χ1n) is 9.10. The Balaban J connectivity index is 1.50. The number of hydrogen-bond donors (Lipinski definition) is 0. The molecule has 134 valence electrons. The van der Waals surface area contributed by atoms with Crippen molar-refractivity contribution >= 4 is 17.5 Å². The molecule has 0 unspecified atom stereocenters. The number of amides is 2. The van der Waals surface area contributed by atoms with E-state index in [0.717, 1.165) is 39.0 Å². The molecule has 5 nitrogen and oxygen atoms in total. The van der Waals surface area contributed by atoms with E-state index in [1.807, 2.05) is 4.90 Å². The van der Waals surface area contributed by atoms with Crippen molar-refractivity contribution in [3.05, 3.63) is 42.5 Å². The predicted octanol–water partition coefficient (Wildman–Crippen LogP) is 2.07. The van der Waals surface area contributed by atoms with E-state index in [1.54, 1.807) is 4.90 Å². The lowest BCUT2D eigenvalue weighted by molar-refractivity contribution is -0.139. The van der Waals surface area contributed by atoms with Crippen LogP contribution in [0.2, 0.25) is 0 Å². The summed E-state index contributed by atoms with van der Waals surface area (Å²) < 4.78 is 0. The lowest BCUT2D eigenvalue weighted by Crippen LogP contribution is -2.52. The van der Waals surface area contributed by atoms with Crippen LogP contribution in [0.15, 0.2) is 36.9 Å². The van der Waals surface area contributed by atoms with E-state index >= 15 is 0 Å². The summed E-state index contributed by atoms with van der Waals surface area (Å²) in [5.74, 6) is 0.284. The van der Waals surface area contributed by atoms with E-state index in [0.29, 0.717) is 13.1 Å². The first kappa shape index (κ1) is 17.5. The van der Waals surface area contributed by atoms with E-state index in [-0.39, 0.29) is 17.7 Å². The number of carbonyl (C=O) groups excluding carboxylic acids is 2. The molecule has 0 bridgehead atoms. The van der Waals surface area contributed by atoms with E-state index in [2.05, 4.69) is 42.7 Å². The molecular formula is C20H27N3O2. The van der Waals surface area contributed by atoms with Gasteiger partial charge in [-0.05, 0) is 43.5 Å². The summed E-state index contributed by atoms with van der Waals surface area (Å²) in [5, 5.41) is 0. The second-order valence-corrected chi connectivity index (χ2v) is 6.96. The quantitative estimate of drug-likeness (QED) is 0.791. The van der Waals surface area contributed by atoms with Gasteiger partial charge < -0.3 is 14.7 Å². The molecule has 2 saturated heterocycles. The van der Waals surface area contributed by atoms with Crippen LogP contribution in [-0.4, -0.2) is 60.9 Å². The minimum atomic E-state index is -0.0299. The molecule has 2 heterocycles. The highest BCUT2D eigenvalue weighted by Crippen LogP contribution is 2.22. The van der Waals surface area contributed by atoms with E-state index in [9.17, 15) is 9.59 Å². The average molecular weight is 341 g/mol. The third-order valence-electron chi connectivity index (χ3n) is 5.29. The highest BCUT2D eigenvalue weighted by molar-refractivity contribution is 5.87. The van der Waals surface area contributed by atoms with Crippen molar-refractivity contribution in [3.63, 3.8) is 0 Å². The third-order valence-corrected chi connectivity index (χ3v) is 5.29. The Kier molecular flexibility index (Phi) is 5.41. The zero-order valence-electron chi connectivity index (χ0n) is 15.0. The van der Waals surface area contributed by atoms with Crippen LogP contribution in [0.3, 0.4) is 0 Å². The highest BCUT2D eigenvalue weighted by Gasteiger charge is 2.31. The first-order valence-corrected chi connectivity index (χ1v) is 9.10. The minimum Gasteiger partial charge on any atom is -0.368 e. The van der Waals surface area contributed by atoms with Crippen molar-refractivity contribution in [3.8, 4) is 0 Å². The molecule has 0 radical (unpaired) electrons. The van der Waals surface area contributed by atoms with Gasteiger partial charge >= 0.3 is 0 Å². The molecule has 3 rings (SSSR count). The van der Waals surface area contributed by atoms with Crippen molar-refractivity contribution in [2.24, 2.45) is 5.92 Å². The summed E-state index contributed by atoms with van der Waals surface area (Å²) in [6.07, 6.45) is 2.87. The van der Waals surface area contributed by atoms with Crippen LogP contribution in [-0.2, 0) is 9.59 Å². The van der Waals surface area contributed by atoms with Crippen LogP contribution in [0.5, 0.6) is 0 Å². The lowest BCUT2D eigenvalue weighted by atomic mass is 9.95. The number of rotatable bonds is 3. The average Bonchev–Trinajstić information content (AvgIpc) is 2.67. The first-order chi connectivity index (χ1) is 12.1. The lowest BCUT2D eigenvalue weighted by Gasteiger charge is -2.39. The van der Waals surface area contributed by atoms with Crippen molar-refractivity contribution < 1.29 is 9.59 Å². The summed E-state index contributed by atoms with van der Waals surface area (Å²) >= 11 is 0. The topological polar surface area (TPSA) is 43.9 Å². The number of piperazine rings is 1. The van der Waals surface area contributed by atoms with Crippen molar-refractivity contribution in [1.29, 1.82) is 0 Å². The molecule has 2 aliphatic heterocycles. The van der Waals surface area contributed by atoms with E-state index in [4.69, 9.17) is 0 Å². The Labute approximate surface area is 149 Å². The van der Waals surface area contributed by atoms with Gasteiger partial charge in [-0.3, -0.25) is 9.59 Å². The maximum absolute atomic E-state index is 12.8. The molecule has 1 aromatic rings. The maximum atomic E-state index is 12.8. The van der Waals surface area contributed by atoms with Gasteiger partial charge in [0.2, 0.25) is 11.8 Å². The van der Waals surface area contributed by atoms with Crippen LogP contribution in [0.4, 0.5) is 5.69 Å². The molecule has 0 atom stereocenters. The monoisotopic (exact) mass is 341 g/mol. The Morgan fingerprint density at radius 1 is 1.04 bits per heavy atom. The molecule has 2 fully saturated rings. The molecule has 5 heteroatoms. The number of nitrogens with zero attached hydrogens (tertiary/aromatic N) is 3. The Hall–Kier alpha value is -2.30. The number of aryl methyl sites for hydroxylation is 1. The molecule has 0 aliphatic carbocycles. The Morgan fingerprint density at radius 2 is 1.72 bits per heavy atom.